The maximum Gasteiger partial charge on any atom is 0.315 e. The number of aliphatic hydroxyl groups excluding tert-OH is 1. The molecule has 0 radical (unpaired) electrons. The Labute approximate surface area is 120 Å². The largest absolute Gasteiger partial charge is 0.396 e. The van der Waals surface area contributed by atoms with Crippen LogP contribution in [-0.4, -0.2) is 23.8 Å². The Morgan fingerprint density at radius 2 is 2.26 bits per heavy atom. The molecular formula is C13H18BrFN2O2. The van der Waals surface area contributed by atoms with Crippen molar-refractivity contribution in [1.82, 2.24) is 10.6 Å². The van der Waals surface area contributed by atoms with E-state index in [1.165, 1.54) is 6.07 Å². The van der Waals surface area contributed by atoms with Crippen LogP contribution in [0.15, 0.2) is 22.7 Å². The first-order valence-corrected chi connectivity index (χ1v) is 6.91. The van der Waals surface area contributed by atoms with Crippen molar-refractivity contribution in [3.05, 3.63) is 34.1 Å². The maximum atomic E-state index is 13.3. The Morgan fingerprint density at radius 3 is 2.89 bits per heavy atom. The van der Waals surface area contributed by atoms with Crippen molar-refractivity contribution < 1.29 is 14.3 Å². The minimum atomic E-state index is -0.351. The van der Waals surface area contributed by atoms with Crippen molar-refractivity contribution in [3.63, 3.8) is 0 Å². The summed E-state index contributed by atoms with van der Waals surface area (Å²) in [5.41, 5.74) is 0.693. The van der Waals surface area contributed by atoms with Crippen molar-refractivity contribution in [1.29, 1.82) is 0 Å². The maximum absolute atomic E-state index is 13.3. The van der Waals surface area contributed by atoms with Crippen molar-refractivity contribution in [2.45, 2.75) is 32.4 Å². The molecule has 2 amide bonds. The lowest BCUT2D eigenvalue weighted by molar-refractivity contribution is 0.234. The van der Waals surface area contributed by atoms with Gasteiger partial charge in [0.15, 0.2) is 0 Å². The lowest BCUT2D eigenvalue weighted by atomic mass is 10.2. The highest BCUT2D eigenvalue weighted by molar-refractivity contribution is 9.10. The second kappa shape index (κ2) is 8.12. The standard InChI is InChI=1S/C13H18BrFN2O2/c1-9(3-2-6-18)17-13(19)16-8-10-4-5-11(14)12(15)7-10/h4-5,7,9,18H,2-3,6,8H2,1H3,(H2,16,17,19). The van der Waals surface area contributed by atoms with E-state index in [4.69, 9.17) is 5.11 Å². The van der Waals surface area contributed by atoms with E-state index in [2.05, 4.69) is 26.6 Å². The molecule has 3 N–H and O–H groups in total. The molecule has 0 spiro atoms. The molecule has 0 saturated heterocycles. The Bertz CT molecular complexity index is 429. The molecular weight excluding hydrogens is 315 g/mol. The third kappa shape index (κ3) is 6.02. The molecule has 0 heterocycles. The van der Waals surface area contributed by atoms with Crippen LogP contribution in [0.5, 0.6) is 0 Å². The van der Waals surface area contributed by atoms with Crippen LogP contribution < -0.4 is 10.6 Å². The normalized spacial score (nSPS) is 12.0. The van der Waals surface area contributed by atoms with Gasteiger partial charge in [0.25, 0.3) is 0 Å². The van der Waals surface area contributed by atoms with Gasteiger partial charge in [0.2, 0.25) is 0 Å². The molecule has 1 atom stereocenters. The number of carbonyl (C=O) groups excluding carboxylic acids is 1. The van der Waals surface area contributed by atoms with Crippen LogP contribution in [0.2, 0.25) is 0 Å². The Kier molecular flexibility index (Phi) is 6.80. The molecule has 1 aromatic rings. The summed E-state index contributed by atoms with van der Waals surface area (Å²) in [5, 5.41) is 14.1. The number of aliphatic hydroxyl groups is 1. The summed E-state index contributed by atoms with van der Waals surface area (Å²) in [6.45, 7) is 2.25. The van der Waals surface area contributed by atoms with Gasteiger partial charge < -0.3 is 15.7 Å². The molecule has 0 saturated carbocycles. The molecule has 6 heteroatoms. The minimum absolute atomic E-state index is 0.00574. The first-order chi connectivity index (χ1) is 9.02. The minimum Gasteiger partial charge on any atom is -0.396 e. The first kappa shape index (κ1) is 15.9. The monoisotopic (exact) mass is 332 g/mol. The molecule has 0 fully saturated rings. The number of rotatable bonds is 6. The highest BCUT2D eigenvalue weighted by Crippen LogP contribution is 2.16. The fourth-order valence-corrected chi connectivity index (χ4v) is 1.82. The molecule has 19 heavy (non-hydrogen) atoms. The van der Waals surface area contributed by atoms with E-state index in [0.29, 0.717) is 16.5 Å². The SMILES string of the molecule is CC(CCCO)NC(=O)NCc1ccc(Br)c(F)c1. The second-order valence-electron chi connectivity index (χ2n) is 4.34. The van der Waals surface area contributed by atoms with E-state index in [1.54, 1.807) is 12.1 Å². The highest BCUT2D eigenvalue weighted by Gasteiger charge is 2.07. The van der Waals surface area contributed by atoms with Gasteiger partial charge in [-0.25, -0.2) is 9.18 Å². The van der Waals surface area contributed by atoms with Crippen LogP contribution >= 0.6 is 15.9 Å². The summed E-state index contributed by atoms with van der Waals surface area (Å²) in [6, 6.07) is 4.42. The van der Waals surface area contributed by atoms with Gasteiger partial charge in [-0.15, -0.1) is 0 Å². The third-order valence-corrected chi connectivity index (χ3v) is 3.25. The zero-order chi connectivity index (χ0) is 14.3. The quantitative estimate of drug-likeness (QED) is 0.749. The Morgan fingerprint density at radius 1 is 1.53 bits per heavy atom. The summed E-state index contributed by atoms with van der Waals surface area (Å²) in [6.07, 6.45) is 1.37. The van der Waals surface area contributed by atoms with Gasteiger partial charge in [-0.05, 0) is 53.4 Å². The fourth-order valence-electron chi connectivity index (χ4n) is 1.58. The molecule has 0 aliphatic rings. The molecule has 1 unspecified atom stereocenters. The Hall–Kier alpha value is -1.14. The van der Waals surface area contributed by atoms with Crippen molar-refractivity contribution in [3.8, 4) is 0 Å². The summed E-state index contributed by atoms with van der Waals surface area (Å²) < 4.78 is 13.7. The molecule has 106 valence electrons. The number of halogens is 2. The predicted octanol–water partition coefficient (Wildman–Crippen LogP) is 2.55. The number of urea groups is 1. The van der Waals surface area contributed by atoms with E-state index in [9.17, 15) is 9.18 Å². The summed E-state index contributed by atoms with van der Waals surface area (Å²) in [5.74, 6) is -0.351. The molecule has 0 aromatic heterocycles. The lowest BCUT2D eigenvalue weighted by Crippen LogP contribution is -2.40. The van der Waals surface area contributed by atoms with Crippen molar-refractivity contribution in [2.75, 3.05) is 6.61 Å². The lowest BCUT2D eigenvalue weighted by Gasteiger charge is -2.14. The zero-order valence-electron chi connectivity index (χ0n) is 10.7. The number of benzene rings is 1. The van der Waals surface area contributed by atoms with E-state index in [1.807, 2.05) is 6.92 Å². The van der Waals surface area contributed by atoms with Crippen LogP contribution in [0.3, 0.4) is 0 Å². The van der Waals surface area contributed by atoms with Crippen LogP contribution in [0.1, 0.15) is 25.3 Å². The van der Waals surface area contributed by atoms with Gasteiger partial charge in [-0.2, -0.15) is 0 Å². The number of nitrogens with one attached hydrogen (secondary N) is 2. The van der Waals surface area contributed by atoms with Crippen LogP contribution in [0, 0.1) is 5.82 Å². The third-order valence-electron chi connectivity index (χ3n) is 2.61. The molecule has 1 rings (SSSR count). The van der Waals surface area contributed by atoms with Gasteiger partial charge >= 0.3 is 6.03 Å². The van der Waals surface area contributed by atoms with E-state index >= 15 is 0 Å². The summed E-state index contributed by atoms with van der Waals surface area (Å²) >= 11 is 3.07. The van der Waals surface area contributed by atoms with E-state index in [-0.39, 0.29) is 31.0 Å². The number of carbonyl (C=O) groups is 1. The number of hydrogen-bond acceptors (Lipinski definition) is 2. The summed E-state index contributed by atoms with van der Waals surface area (Å²) in [7, 11) is 0. The van der Waals surface area contributed by atoms with E-state index < -0.39 is 0 Å². The molecule has 4 nitrogen and oxygen atoms in total. The van der Waals surface area contributed by atoms with E-state index in [0.717, 1.165) is 6.42 Å². The van der Waals surface area contributed by atoms with Crippen molar-refractivity contribution >= 4 is 22.0 Å². The van der Waals surface area contributed by atoms with Gasteiger partial charge in [0.1, 0.15) is 5.82 Å². The Balaban J connectivity index is 2.35. The molecule has 0 aliphatic carbocycles. The topological polar surface area (TPSA) is 61.4 Å². The van der Waals surface area contributed by atoms with Gasteiger partial charge in [0.05, 0.1) is 4.47 Å². The van der Waals surface area contributed by atoms with Crippen LogP contribution in [-0.2, 0) is 6.54 Å². The number of hydrogen-bond donors (Lipinski definition) is 3. The van der Waals surface area contributed by atoms with Gasteiger partial charge in [-0.1, -0.05) is 6.07 Å². The van der Waals surface area contributed by atoms with Crippen molar-refractivity contribution in [2.24, 2.45) is 0 Å². The average molecular weight is 333 g/mol. The van der Waals surface area contributed by atoms with Gasteiger partial charge in [-0.3, -0.25) is 0 Å². The van der Waals surface area contributed by atoms with Gasteiger partial charge in [0, 0.05) is 19.2 Å². The zero-order valence-corrected chi connectivity index (χ0v) is 12.3. The second-order valence-corrected chi connectivity index (χ2v) is 5.20. The number of amides is 2. The smallest absolute Gasteiger partial charge is 0.315 e. The summed E-state index contributed by atoms with van der Waals surface area (Å²) in [4.78, 5) is 11.6. The first-order valence-electron chi connectivity index (χ1n) is 6.12. The highest BCUT2D eigenvalue weighted by atomic mass is 79.9. The predicted molar refractivity (Wildman–Crippen MR) is 75.3 cm³/mol. The van der Waals surface area contributed by atoms with Crippen LogP contribution in [0.25, 0.3) is 0 Å². The fraction of sp³-hybridized carbons (Fsp3) is 0.462. The molecule has 0 bridgehead atoms. The molecule has 1 aromatic carbocycles. The average Bonchev–Trinajstić information content (AvgIpc) is 2.38. The van der Waals surface area contributed by atoms with Crippen LogP contribution in [0.4, 0.5) is 9.18 Å². The molecule has 0 aliphatic heterocycles.